The van der Waals surface area contributed by atoms with Crippen LogP contribution in [0.15, 0.2) is 14.6 Å². The molecular formula is C10H16N4O2S. The van der Waals surface area contributed by atoms with Crippen molar-refractivity contribution < 1.29 is 0 Å². The number of nitrogens with zero attached hydrogens (tertiary/aromatic N) is 3. The number of hydrogen-bond donors (Lipinski definition) is 2. The highest BCUT2D eigenvalue weighted by molar-refractivity contribution is 7.80. The van der Waals surface area contributed by atoms with Gasteiger partial charge >= 0.3 is 5.69 Å². The zero-order valence-electron chi connectivity index (χ0n) is 10.1. The molecule has 0 atom stereocenters. The lowest BCUT2D eigenvalue weighted by Crippen LogP contribution is -2.38. The molecule has 17 heavy (non-hydrogen) atoms. The normalized spacial score (nSPS) is 11.9. The molecule has 6 nitrogen and oxygen atoms in total. The van der Waals surface area contributed by atoms with Gasteiger partial charge in [0.15, 0.2) is 5.82 Å². The van der Waals surface area contributed by atoms with Crippen molar-refractivity contribution in [1.82, 2.24) is 9.13 Å². The van der Waals surface area contributed by atoms with E-state index < -0.39 is 11.2 Å². The van der Waals surface area contributed by atoms with Crippen LogP contribution < -0.4 is 17.0 Å². The second kappa shape index (κ2) is 5.22. The molecule has 0 aliphatic carbocycles. The molecule has 1 aromatic heterocycles. The van der Waals surface area contributed by atoms with Crippen LogP contribution in [0.1, 0.15) is 13.3 Å². The van der Waals surface area contributed by atoms with Gasteiger partial charge in [-0.25, -0.2) is 9.79 Å². The summed E-state index contributed by atoms with van der Waals surface area (Å²) in [6.45, 7) is 1.80. The van der Waals surface area contributed by atoms with E-state index in [1.54, 1.807) is 6.92 Å². The van der Waals surface area contributed by atoms with Crippen molar-refractivity contribution in [1.29, 1.82) is 0 Å². The maximum absolute atomic E-state index is 11.7. The lowest BCUT2D eigenvalue weighted by molar-refractivity contribution is 0.692. The molecule has 0 radical (unpaired) electrons. The molecule has 2 N–H and O–H groups in total. The van der Waals surface area contributed by atoms with Crippen molar-refractivity contribution in [2.45, 2.75) is 13.3 Å². The zero-order valence-corrected chi connectivity index (χ0v) is 11.0. The minimum absolute atomic E-state index is 0.0203. The number of hydrogen-bond acceptors (Lipinski definition) is 5. The Labute approximate surface area is 104 Å². The van der Waals surface area contributed by atoms with Gasteiger partial charge in [0, 0.05) is 19.8 Å². The number of aromatic nitrogens is 2. The van der Waals surface area contributed by atoms with E-state index >= 15 is 0 Å². The smallest absolute Gasteiger partial charge is 0.332 e. The summed E-state index contributed by atoms with van der Waals surface area (Å²) < 4.78 is 2.22. The summed E-state index contributed by atoms with van der Waals surface area (Å²) in [5, 5.41) is 0. The molecule has 1 heterocycles. The summed E-state index contributed by atoms with van der Waals surface area (Å²) in [5.74, 6) is 0.853. The van der Waals surface area contributed by atoms with Crippen LogP contribution >= 0.6 is 12.6 Å². The van der Waals surface area contributed by atoms with Crippen LogP contribution in [0.2, 0.25) is 0 Å². The fraction of sp³-hybridized carbons (Fsp3) is 0.500. The Bertz CT molecular complexity index is 534. The molecule has 0 aliphatic rings. The molecule has 94 valence electrons. The van der Waals surface area contributed by atoms with Crippen LogP contribution in [0.3, 0.4) is 0 Å². The van der Waals surface area contributed by atoms with E-state index in [2.05, 4.69) is 17.6 Å². The van der Waals surface area contributed by atoms with Crippen LogP contribution in [0.5, 0.6) is 0 Å². The highest BCUT2D eigenvalue weighted by atomic mass is 32.1. The van der Waals surface area contributed by atoms with Crippen molar-refractivity contribution >= 4 is 29.8 Å². The second-order valence-electron chi connectivity index (χ2n) is 3.76. The number of anilines is 1. The first-order chi connectivity index (χ1) is 7.90. The Morgan fingerprint density at radius 1 is 1.35 bits per heavy atom. The molecule has 1 aromatic rings. The Morgan fingerprint density at radius 3 is 2.47 bits per heavy atom. The van der Waals surface area contributed by atoms with E-state index in [1.165, 1.54) is 18.7 Å². The van der Waals surface area contributed by atoms with Gasteiger partial charge in [0.05, 0.1) is 0 Å². The maximum atomic E-state index is 11.7. The van der Waals surface area contributed by atoms with Crippen molar-refractivity contribution in [2.75, 3.05) is 11.5 Å². The van der Waals surface area contributed by atoms with E-state index in [0.717, 1.165) is 10.3 Å². The molecule has 1 rings (SSSR count). The third kappa shape index (κ3) is 2.60. The minimum Gasteiger partial charge on any atom is -0.391 e. The van der Waals surface area contributed by atoms with Crippen LogP contribution in [-0.4, -0.2) is 20.6 Å². The lowest BCUT2D eigenvalue weighted by atomic mass is 10.3. The largest absolute Gasteiger partial charge is 0.391 e. The Balaban J connectivity index is 3.51. The number of thiol groups is 1. The Kier molecular flexibility index (Phi) is 4.17. The van der Waals surface area contributed by atoms with Crippen LogP contribution in [0.4, 0.5) is 11.5 Å². The fourth-order valence-corrected chi connectivity index (χ4v) is 1.72. The molecule has 0 amide bonds. The molecule has 0 saturated heterocycles. The zero-order chi connectivity index (χ0) is 13.2. The summed E-state index contributed by atoms with van der Waals surface area (Å²) in [7, 11) is 2.92. The quantitative estimate of drug-likeness (QED) is 0.593. The third-order valence-electron chi connectivity index (χ3n) is 2.44. The van der Waals surface area contributed by atoms with E-state index in [0.29, 0.717) is 12.2 Å². The first-order valence-corrected chi connectivity index (χ1v) is 5.74. The van der Waals surface area contributed by atoms with Crippen molar-refractivity contribution in [3.05, 3.63) is 20.8 Å². The van der Waals surface area contributed by atoms with Gasteiger partial charge in [0.2, 0.25) is 0 Å². The summed E-state index contributed by atoms with van der Waals surface area (Å²) in [6.07, 6.45) is 0.673. The molecule has 0 spiro atoms. The van der Waals surface area contributed by atoms with Crippen LogP contribution in [0.25, 0.3) is 0 Å². The fourth-order valence-electron chi connectivity index (χ4n) is 1.39. The first-order valence-electron chi connectivity index (χ1n) is 5.10. The first kappa shape index (κ1) is 13.6. The molecule has 0 fully saturated rings. The number of nitrogen functional groups attached to an aromatic ring is 1. The Morgan fingerprint density at radius 2 is 1.94 bits per heavy atom. The predicted molar refractivity (Wildman–Crippen MR) is 72.6 cm³/mol. The minimum atomic E-state index is -0.523. The maximum Gasteiger partial charge on any atom is 0.332 e. The third-order valence-corrected chi connectivity index (χ3v) is 2.66. The van der Waals surface area contributed by atoms with Gasteiger partial charge in [0.1, 0.15) is 5.69 Å². The molecular weight excluding hydrogens is 240 g/mol. The highest BCUT2D eigenvalue weighted by Crippen LogP contribution is 2.15. The van der Waals surface area contributed by atoms with Crippen LogP contribution in [-0.2, 0) is 14.1 Å². The average Bonchev–Trinajstić information content (AvgIpc) is 2.30. The number of nitrogens with two attached hydrogens (primary N) is 1. The van der Waals surface area contributed by atoms with Crippen LogP contribution in [0, 0.1) is 0 Å². The molecule has 0 bridgehead atoms. The van der Waals surface area contributed by atoms with Gasteiger partial charge in [-0.2, -0.15) is 12.6 Å². The number of rotatable bonds is 3. The van der Waals surface area contributed by atoms with E-state index in [-0.39, 0.29) is 11.5 Å². The van der Waals surface area contributed by atoms with Gasteiger partial charge in [-0.15, -0.1) is 0 Å². The van der Waals surface area contributed by atoms with Gasteiger partial charge in [0.25, 0.3) is 5.56 Å². The monoisotopic (exact) mass is 256 g/mol. The summed E-state index contributed by atoms with van der Waals surface area (Å²) in [5.41, 5.74) is 5.47. The van der Waals surface area contributed by atoms with Gasteiger partial charge in [-0.3, -0.25) is 13.9 Å². The summed E-state index contributed by atoms with van der Waals surface area (Å²) >= 11 is 4.09. The SMILES string of the molecule is CC(CCS)=Nc1c(N)c(=O)n(C)c(=O)n1C. The van der Waals surface area contributed by atoms with E-state index in [4.69, 9.17) is 5.73 Å². The number of aliphatic imine (C=N–C) groups is 1. The summed E-state index contributed by atoms with van der Waals surface area (Å²) in [4.78, 5) is 27.5. The van der Waals surface area contributed by atoms with E-state index in [9.17, 15) is 9.59 Å². The molecule has 0 unspecified atom stereocenters. The molecule has 0 aromatic carbocycles. The molecule has 0 saturated carbocycles. The molecule has 0 aliphatic heterocycles. The standard InChI is InChI=1S/C10H16N4O2S/c1-6(4-5-17)12-8-7(11)9(15)14(3)10(16)13(8)2/h17H,4-5,11H2,1-3H3. The lowest BCUT2D eigenvalue weighted by Gasteiger charge is -2.09. The summed E-state index contributed by atoms with van der Waals surface area (Å²) in [6, 6.07) is 0. The van der Waals surface area contributed by atoms with Crippen molar-refractivity contribution in [3.8, 4) is 0 Å². The van der Waals surface area contributed by atoms with E-state index in [1.807, 2.05) is 0 Å². The van der Waals surface area contributed by atoms with Gasteiger partial charge < -0.3 is 5.73 Å². The van der Waals surface area contributed by atoms with Crippen molar-refractivity contribution in [2.24, 2.45) is 19.1 Å². The van der Waals surface area contributed by atoms with Gasteiger partial charge in [-0.1, -0.05) is 0 Å². The van der Waals surface area contributed by atoms with Gasteiger partial charge in [-0.05, 0) is 19.1 Å². The second-order valence-corrected chi connectivity index (χ2v) is 4.21. The average molecular weight is 256 g/mol. The predicted octanol–water partition coefficient (Wildman–Crippen LogP) is 0.0785. The Hall–Kier alpha value is -1.50. The molecule has 7 heteroatoms. The topological polar surface area (TPSA) is 82.4 Å². The highest BCUT2D eigenvalue weighted by Gasteiger charge is 2.11. The van der Waals surface area contributed by atoms with Crippen molar-refractivity contribution in [3.63, 3.8) is 0 Å².